The largest absolute Gasteiger partial charge is 0.335 e. The van der Waals surface area contributed by atoms with Gasteiger partial charge in [0, 0.05) is 59.7 Å². The molecule has 0 N–H and O–H groups in total. The quantitative estimate of drug-likeness (QED) is 0.160. The number of fused-ring (bicyclic) bond motifs is 14. The van der Waals surface area contributed by atoms with E-state index in [0.29, 0.717) is 0 Å². The fraction of sp³-hybridized carbons (Fsp3) is 0.471. The summed E-state index contributed by atoms with van der Waals surface area (Å²) in [5, 5.41) is 2.79. The smallest absolute Gasteiger partial charge is 0.254 e. The minimum absolute atomic E-state index is 0.00643. The van der Waals surface area contributed by atoms with Crippen molar-refractivity contribution in [2.45, 2.75) is 207 Å². The van der Waals surface area contributed by atoms with E-state index in [9.17, 15) is 0 Å². The topological polar surface area (TPSA) is 9.72 Å². The van der Waals surface area contributed by atoms with Crippen molar-refractivity contribution in [3.8, 4) is 0 Å². The molecule has 0 saturated heterocycles. The molecule has 13 rings (SSSR count). The molecule has 0 amide bonds. The van der Waals surface area contributed by atoms with Gasteiger partial charge < -0.3 is 14.7 Å². The molecule has 4 aliphatic heterocycles. The molecule has 5 heteroatoms. The molecule has 3 nitrogen and oxygen atoms in total. The van der Waals surface area contributed by atoms with E-state index in [1.165, 1.54) is 161 Å². The van der Waals surface area contributed by atoms with Crippen LogP contribution < -0.4 is 31.1 Å². The Morgan fingerprint density at radius 2 is 1.04 bits per heavy atom. The van der Waals surface area contributed by atoms with E-state index in [4.69, 9.17) is 0 Å². The summed E-state index contributed by atoms with van der Waals surface area (Å²) in [6, 6.07) is 33.1. The summed E-state index contributed by atoms with van der Waals surface area (Å²) >= 11 is 2.04. The van der Waals surface area contributed by atoms with Gasteiger partial charge in [-0.3, -0.25) is 0 Å². The van der Waals surface area contributed by atoms with Crippen molar-refractivity contribution in [3.63, 3.8) is 0 Å². The Bertz CT molecular complexity index is 3550. The van der Waals surface area contributed by atoms with Crippen LogP contribution in [0.2, 0.25) is 0 Å². The molecule has 4 atom stereocenters. The fourth-order valence-corrected chi connectivity index (χ4v) is 17.8. The highest BCUT2D eigenvalue weighted by molar-refractivity contribution is 7.28. The maximum atomic E-state index is 3.00. The van der Waals surface area contributed by atoms with Gasteiger partial charge in [-0.05, 0) is 186 Å². The highest BCUT2D eigenvalue weighted by atomic mass is 32.1. The van der Waals surface area contributed by atoms with Crippen LogP contribution in [0.15, 0.2) is 78.9 Å². The van der Waals surface area contributed by atoms with E-state index in [1.54, 1.807) is 16.6 Å². The van der Waals surface area contributed by atoms with Crippen molar-refractivity contribution in [1.82, 2.24) is 0 Å². The third kappa shape index (κ3) is 6.07. The molecule has 5 heterocycles. The molecule has 0 spiro atoms. The van der Waals surface area contributed by atoms with Gasteiger partial charge in [-0.15, -0.1) is 11.3 Å². The predicted molar refractivity (Wildman–Crippen MR) is 319 cm³/mol. The van der Waals surface area contributed by atoms with Crippen molar-refractivity contribution < 1.29 is 0 Å². The van der Waals surface area contributed by atoms with E-state index in [0.717, 1.165) is 0 Å². The van der Waals surface area contributed by atoms with Crippen LogP contribution in [-0.2, 0) is 27.1 Å². The molecule has 2 aliphatic carbocycles. The number of hydrogen-bond acceptors (Lipinski definition) is 4. The average molecular weight is 982 g/mol. The van der Waals surface area contributed by atoms with E-state index in [1.807, 2.05) is 11.3 Å². The number of rotatable bonds is 2. The van der Waals surface area contributed by atoms with Crippen LogP contribution >= 0.6 is 11.3 Å². The monoisotopic (exact) mass is 982 g/mol. The molecule has 2 fully saturated rings. The lowest BCUT2D eigenvalue weighted by Crippen LogP contribution is -2.65. The molecule has 7 aromatic rings. The number of nitrogens with zero attached hydrogens (tertiary/aromatic N) is 3. The van der Waals surface area contributed by atoms with Crippen LogP contribution in [0.4, 0.5) is 39.8 Å². The summed E-state index contributed by atoms with van der Waals surface area (Å²) in [4.78, 5) is 8.70. The molecule has 4 unspecified atom stereocenters. The van der Waals surface area contributed by atoms with Crippen LogP contribution in [0.1, 0.15) is 191 Å². The first-order chi connectivity index (χ1) is 34.2. The lowest BCUT2D eigenvalue weighted by Gasteiger charge is -2.54. The number of hydrogen-bond donors (Lipinski definition) is 0. The van der Waals surface area contributed by atoms with Gasteiger partial charge >= 0.3 is 0 Å². The predicted octanol–water partition coefficient (Wildman–Crippen LogP) is 17.3. The summed E-state index contributed by atoms with van der Waals surface area (Å²) in [6.07, 6.45) is 9.83. The van der Waals surface area contributed by atoms with E-state index < -0.39 is 0 Å². The molecule has 376 valence electrons. The van der Waals surface area contributed by atoms with Crippen LogP contribution in [-0.4, -0.2) is 17.8 Å². The van der Waals surface area contributed by atoms with Gasteiger partial charge in [0.15, 0.2) is 0 Å². The van der Waals surface area contributed by atoms with E-state index in [-0.39, 0.29) is 44.9 Å². The summed E-state index contributed by atoms with van der Waals surface area (Å²) in [6.45, 7) is 41.7. The SMILES string of the molecule is Cc1cc(C)c2c3c1B1c4c(cc(N5c6ccc(C(C)(C)C)cc6C6(C)CCCCC56C)cc4N3C3(C)CCCCC23C)N(c2c(C)cc(C(C)(C)C)cc2C)c2ccc3c(sc4ccc(C(C)(C)C)cc43)c21. The Hall–Kier alpha value is -5.00. The Morgan fingerprint density at radius 1 is 0.466 bits per heavy atom. The zero-order chi connectivity index (χ0) is 51.6. The number of thiophene rings is 1. The zero-order valence-corrected chi connectivity index (χ0v) is 48.3. The summed E-state index contributed by atoms with van der Waals surface area (Å²) < 4.78 is 2.83. The van der Waals surface area contributed by atoms with Crippen LogP contribution in [0, 0.1) is 27.7 Å². The first kappa shape index (κ1) is 47.7. The number of anilines is 7. The van der Waals surface area contributed by atoms with Crippen molar-refractivity contribution in [2.24, 2.45) is 0 Å². The maximum absolute atomic E-state index is 3.00. The lowest BCUT2D eigenvalue weighted by molar-refractivity contribution is 0.193. The van der Waals surface area contributed by atoms with Crippen molar-refractivity contribution in [2.75, 3.05) is 14.7 Å². The Kier molecular flexibility index (Phi) is 9.73. The minimum Gasteiger partial charge on any atom is -0.335 e. The highest BCUT2D eigenvalue weighted by Gasteiger charge is 2.63. The van der Waals surface area contributed by atoms with Gasteiger partial charge in [-0.1, -0.05) is 150 Å². The molecule has 1 aromatic heterocycles. The number of aryl methyl sites for hydroxylation is 4. The zero-order valence-electron chi connectivity index (χ0n) is 47.5. The van der Waals surface area contributed by atoms with Gasteiger partial charge in [0.05, 0.1) is 16.8 Å². The van der Waals surface area contributed by atoms with E-state index in [2.05, 4.69) is 211 Å². The molecule has 0 radical (unpaired) electrons. The molecular formula is C68H80BN3S. The van der Waals surface area contributed by atoms with Gasteiger partial charge in [-0.2, -0.15) is 0 Å². The Balaban J connectivity index is 1.20. The normalized spacial score (nSPS) is 25.0. The molecular weight excluding hydrogens is 902 g/mol. The third-order valence-corrected chi connectivity index (χ3v) is 22.1. The molecule has 6 aliphatic rings. The number of benzene rings is 6. The molecule has 73 heavy (non-hydrogen) atoms. The van der Waals surface area contributed by atoms with Crippen molar-refractivity contribution in [1.29, 1.82) is 0 Å². The van der Waals surface area contributed by atoms with Crippen LogP contribution in [0.25, 0.3) is 20.2 Å². The average Bonchev–Trinajstić information content (AvgIpc) is 3.86. The van der Waals surface area contributed by atoms with Crippen molar-refractivity contribution >= 4 is 94.4 Å². The van der Waals surface area contributed by atoms with Gasteiger partial charge in [-0.25, -0.2) is 0 Å². The van der Waals surface area contributed by atoms with Crippen molar-refractivity contribution in [3.05, 3.63) is 129 Å². The first-order valence-electron chi connectivity index (χ1n) is 28.2. The summed E-state index contributed by atoms with van der Waals surface area (Å²) in [5.41, 5.74) is 27.2. The molecule has 2 saturated carbocycles. The standard InChI is InChI=1S/C68H80BN3S/c1-39-32-40(2)56-60-55(39)66(15)29-19-21-31-68(66,17)72(60)53-38-46(71-50-25-22-44(63(8,9)10)36-49(50)65(14)28-18-20-30-67(65,71)16)37-52-57(53)69(56)58-51(70(52)59-41(3)33-45(34-42(59)4)64(11,12)13)26-24-47-48-35-43(62(5,6)7)23-27-54(48)73-61(47)58/h22-27,32-38H,18-21,28-31H2,1-17H3. The van der Waals surface area contributed by atoms with Crippen LogP contribution in [0.3, 0.4) is 0 Å². The highest BCUT2D eigenvalue weighted by Crippen LogP contribution is 2.66. The minimum atomic E-state index is -0.101. The van der Waals surface area contributed by atoms with Gasteiger partial charge in [0.2, 0.25) is 0 Å². The lowest BCUT2D eigenvalue weighted by atomic mass is 9.32. The van der Waals surface area contributed by atoms with Crippen LogP contribution in [0.5, 0.6) is 0 Å². The Morgan fingerprint density at radius 3 is 1.70 bits per heavy atom. The fourth-order valence-electron chi connectivity index (χ4n) is 16.5. The summed E-state index contributed by atoms with van der Waals surface area (Å²) in [7, 11) is 0. The second-order valence-electron chi connectivity index (χ2n) is 28.2. The molecule has 6 aromatic carbocycles. The van der Waals surface area contributed by atoms with Gasteiger partial charge in [0.1, 0.15) is 0 Å². The second-order valence-corrected chi connectivity index (χ2v) is 29.3. The van der Waals surface area contributed by atoms with Gasteiger partial charge in [0.25, 0.3) is 6.71 Å². The first-order valence-corrected chi connectivity index (χ1v) is 29.0. The maximum Gasteiger partial charge on any atom is 0.254 e. The third-order valence-electron chi connectivity index (χ3n) is 20.8. The second kappa shape index (κ2) is 14.9. The van der Waals surface area contributed by atoms with E-state index >= 15 is 0 Å². The summed E-state index contributed by atoms with van der Waals surface area (Å²) in [5.74, 6) is 0. The molecule has 0 bridgehead atoms. The Labute approximate surface area is 442 Å².